The Morgan fingerprint density at radius 1 is 1.06 bits per heavy atom. The number of rotatable bonds is 5. The lowest BCUT2D eigenvalue weighted by Crippen LogP contribution is -2.34. The molecule has 0 saturated carbocycles. The zero-order chi connectivity index (χ0) is 22.2. The average Bonchev–Trinajstić information content (AvgIpc) is 3.27. The lowest BCUT2D eigenvalue weighted by Gasteiger charge is -2.38. The molecule has 5 rings (SSSR count). The van der Waals surface area contributed by atoms with Gasteiger partial charge >= 0.3 is 0 Å². The average molecular weight is 436 g/mol. The monoisotopic (exact) mass is 436 g/mol. The Morgan fingerprint density at radius 3 is 2.59 bits per heavy atom. The Morgan fingerprint density at radius 2 is 1.88 bits per heavy atom. The highest BCUT2D eigenvalue weighted by molar-refractivity contribution is 6.02. The molecule has 0 aromatic heterocycles. The molecule has 0 N–H and O–H groups in total. The number of halogens is 2. The number of hydrazone groups is 1. The third-order valence-corrected chi connectivity index (χ3v) is 5.73. The molecular formula is C25H22F2N2O3. The number of para-hydroxylation sites is 1. The molecule has 0 saturated heterocycles. The van der Waals surface area contributed by atoms with Gasteiger partial charge in [-0.2, -0.15) is 5.10 Å². The molecule has 2 atom stereocenters. The third-order valence-electron chi connectivity index (χ3n) is 5.73. The Hall–Kier alpha value is -3.61. The largest absolute Gasteiger partial charge is 0.497 e. The Labute approximate surface area is 184 Å². The van der Waals surface area contributed by atoms with Crippen molar-refractivity contribution < 1.29 is 23.0 Å². The summed E-state index contributed by atoms with van der Waals surface area (Å²) in [5.41, 5.74) is 3.27. The predicted molar refractivity (Wildman–Crippen MR) is 116 cm³/mol. The molecule has 0 bridgehead atoms. The highest BCUT2D eigenvalue weighted by Crippen LogP contribution is 2.50. The minimum absolute atomic E-state index is 0.130. The van der Waals surface area contributed by atoms with E-state index in [1.807, 2.05) is 54.4 Å². The van der Waals surface area contributed by atoms with Crippen molar-refractivity contribution in [2.45, 2.75) is 25.6 Å². The van der Waals surface area contributed by atoms with Gasteiger partial charge < -0.3 is 14.2 Å². The minimum Gasteiger partial charge on any atom is -0.497 e. The highest BCUT2D eigenvalue weighted by atomic mass is 19.2. The number of benzene rings is 3. The van der Waals surface area contributed by atoms with Crippen molar-refractivity contribution in [2.24, 2.45) is 5.10 Å². The van der Waals surface area contributed by atoms with E-state index in [2.05, 4.69) is 0 Å². The van der Waals surface area contributed by atoms with Gasteiger partial charge in [0, 0.05) is 17.5 Å². The van der Waals surface area contributed by atoms with Crippen LogP contribution >= 0.6 is 0 Å². The summed E-state index contributed by atoms with van der Waals surface area (Å²) in [7, 11) is 1.62. The number of hydrogen-bond acceptors (Lipinski definition) is 5. The van der Waals surface area contributed by atoms with Crippen LogP contribution in [0, 0.1) is 11.6 Å². The topological polar surface area (TPSA) is 43.3 Å². The van der Waals surface area contributed by atoms with E-state index in [-0.39, 0.29) is 6.04 Å². The first-order valence-corrected chi connectivity index (χ1v) is 10.5. The SMILES string of the molecule is CCOc1cccc2c1O[C@@H](c1ccc(F)c(F)c1)N1N=C(c3ccc(OC)cc3)C[C@@H]21. The summed E-state index contributed by atoms with van der Waals surface area (Å²) in [5, 5.41) is 6.67. The van der Waals surface area contributed by atoms with Crippen LogP contribution in [0.15, 0.2) is 65.8 Å². The van der Waals surface area contributed by atoms with Crippen LogP contribution in [0.2, 0.25) is 0 Å². The van der Waals surface area contributed by atoms with Crippen molar-refractivity contribution in [3.63, 3.8) is 0 Å². The summed E-state index contributed by atoms with van der Waals surface area (Å²) < 4.78 is 45.0. The van der Waals surface area contributed by atoms with Crippen molar-refractivity contribution in [1.82, 2.24) is 5.01 Å². The fourth-order valence-electron chi connectivity index (χ4n) is 4.20. The molecule has 7 heteroatoms. The van der Waals surface area contributed by atoms with E-state index in [0.717, 1.165) is 34.7 Å². The van der Waals surface area contributed by atoms with Crippen LogP contribution in [0.3, 0.4) is 0 Å². The first kappa shape index (κ1) is 20.3. The van der Waals surface area contributed by atoms with Gasteiger partial charge in [-0.05, 0) is 55.0 Å². The standard InChI is InChI=1S/C25H22F2N2O3/c1-3-31-23-6-4-5-18-22-14-21(15-7-10-17(30-2)11-8-15)28-29(22)25(32-24(18)23)16-9-12-19(26)20(27)13-16/h4-13,22,25H,3,14H2,1-2H3/t22-,25-/m0/s1. The summed E-state index contributed by atoms with van der Waals surface area (Å²) in [6.07, 6.45) is -0.0849. The fourth-order valence-corrected chi connectivity index (χ4v) is 4.20. The molecule has 0 fully saturated rings. The molecular weight excluding hydrogens is 414 g/mol. The summed E-state index contributed by atoms with van der Waals surface area (Å²) in [6.45, 7) is 2.39. The fraction of sp³-hybridized carbons (Fsp3) is 0.240. The molecule has 2 heterocycles. The van der Waals surface area contributed by atoms with Crippen molar-refractivity contribution in [1.29, 1.82) is 0 Å². The molecule has 0 amide bonds. The smallest absolute Gasteiger partial charge is 0.214 e. The summed E-state index contributed by atoms with van der Waals surface area (Å²) in [4.78, 5) is 0. The van der Waals surface area contributed by atoms with Gasteiger partial charge in [0.1, 0.15) is 5.75 Å². The quantitative estimate of drug-likeness (QED) is 0.521. The van der Waals surface area contributed by atoms with Crippen LogP contribution in [0.25, 0.3) is 0 Å². The molecule has 0 aliphatic carbocycles. The van der Waals surface area contributed by atoms with Crippen molar-refractivity contribution >= 4 is 5.71 Å². The summed E-state index contributed by atoms with van der Waals surface area (Å²) in [5.74, 6) is 0.164. The number of hydrogen-bond donors (Lipinski definition) is 0. The second-order valence-electron chi connectivity index (χ2n) is 7.63. The van der Waals surface area contributed by atoms with Crippen molar-refractivity contribution in [3.05, 3.63) is 89.0 Å². The van der Waals surface area contributed by atoms with E-state index in [0.29, 0.717) is 30.1 Å². The van der Waals surface area contributed by atoms with Gasteiger partial charge in [-0.25, -0.2) is 13.8 Å². The molecule has 2 aliphatic heterocycles. The molecule has 3 aromatic carbocycles. The molecule has 0 spiro atoms. The van der Waals surface area contributed by atoms with Gasteiger partial charge in [0.15, 0.2) is 23.1 Å². The second-order valence-corrected chi connectivity index (χ2v) is 7.63. The van der Waals surface area contributed by atoms with E-state index >= 15 is 0 Å². The Kier molecular flexibility index (Phi) is 5.17. The minimum atomic E-state index is -0.926. The van der Waals surface area contributed by atoms with Gasteiger partial charge in [0.2, 0.25) is 6.23 Å². The molecule has 164 valence electrons. The third kappa shape index (κ3) is 3.43. The van der Waals surface area contributed by atoms with Gasteiger partial charge in [0.25, 0.3) is 0 Å². The summed E-state index contributed by atoms with van der Waals surface area (Å²) in [6, 6.07) is 17.1. The van der Waals surface area contributed by atoms with Crippen LogP contribution < -0.4 is 14.2 Å². The van der Waals surface area contributed by atoms with Crippen molar-refractivity contribution in [3.8, 4) is 17.2 Å². The van der Waals surface area contributed by atoms with Gasteiger partial charge in [-0.3, -0.25) is 0 Å². The maximum atomic E-state index is 14.1. The first-order valence-electron chi connectivity index (χ1n) is 10.5. The molecule has 2 aliphatic rings. The van der Waals surface area contributed by atoms with Gasteiger partial charge in [0.05, 0.1) is 25.5 Å². The normalized spacial score (nSPS) is 19.0. The van der Waals surface area contributed by atoms with E-state index in [1.165, 1.54) is 6.07 Å². The van der Waals surface area contributed by atoms with E-state index in [9.17, 15) is 8.78 Å². The highest BCUT2D eigenvalue weighted by Gasteiger charge is 2.42. The Bertz CT molecular complexity index is 1180. The maximum absolute atomic E-state index is 14.1. The maximum Gasteiger partial charge on any atom is 0.214 e. The lowest BCUT2D eigenvalue weighted by molar-refractivity contribution is -0.0214. The molecule has 32 heavy (non-hydrogen) atoms. The van der Waals surface area contributed by atoms with E-state index in [1.54, 1.807) is 7.11 Å². The van der Waals surface area contributed by atoms with Gasteiger partial charge in [-0.15, -0.1) is 0 Å². The van der Waals surface area contributed by atoms with E-state index < -0.39 is 17.9 Å². The van der Waals surface area contributed by atoms with Crippen LogP contribution in [0.4, 0.5) is 8.78 Å². The molecule has 5 nitrogen and oxygen atoms in total. The Balaban J connectivity index is 1.60. The molecule has 3 aromatic rings. The first-order chi connectivity index (χ1) is 15.6. The van der Waals surface area contributed by atoms with E-state index in [4.69, 9.17) is 19.3 Å². The predicted octanol–water partition coefficient (Wildman–Crippen LogP) is 5.61. The van der Waals surface area contributed by atoms with Crippen LogP contribution in [-0.4, -0.2) is 24.4 Å². The number of nitrogens with zero attached hydrogens (tertiary/aromatic N) is 2. The van der Waals surface area contributed by atoms with Gasteiger partial charge in [-0.1, -0.05) is 18.2 Å². The second kappa shape index (κ2) is 8.15. The number of fused-ring (bicyclic) bond motifs is 3. The zero-order valence-corrected chi connectivity index (χ0v) is 17.7. The van der Waals surface area contributed by atoms with Crippen molar-refractivity contribution in [2.75, 3.05) is 13.7 Å². The zero-order valence-electron chi connectivity index (χ0n) is 17.7. The van der Waals surface area contributed by atoms with Crippen LogP contribution in [-0.2, 0) is 0 Å². The lowest BCUT2D eigenvalue weighted by atomic mass is 9.95. The van der Waals surface area contributed by atoms with Crippen LogP contribution in [0.1, 0.15) is 42.3 Å². The molecule has 0 radical (unpaired) electrons. The van der Waals surface area contributed by atoms with Crippen LogP contribution in [0.5, 0.6) is 17.2 Å². The molecule has 0 unspecified atom stereocenters. The summed E-state index contributed by atoms with van der Waals surface area (Å²) >= 11 is 0. The number of methoxy groups -OCH3 is 1. The number of ether oxygens (including phenoxy) is 3.